The number of fused-ring (bicyclic) bond motifs is 2. The summed E-state index contributed by atoms with van der Waals surface area (Å²) in [5.74, 6) is 2.81. The Balaban J connectivity index is 1.32. The van der Waals surface area contributed by atoms with E-state index in [9.17, 15) is 10.2 Å². The van der Waals surface area contributed by atoms with E-state index in [1.165, 1.54) is 0 Å². The highest BCUT2D eigenvalue weighted by atomic mass is 16.5. The molecule has 0 fully saturated rings. The summed E-state index contributed by atoms with van der Waals surface area (Å²) >= 11 is 0. The Hall–Kier alpha value is -4.26. The monoisotopic (exact) mass is 538 g/mol. The Kier molecular flexibility index (Phi) is 8.69. The van der Waals surface area contributed by atoms with Crippen molar-refractivity contribution in [3.63, 3.8) is 0 Å². The molecule has 6 nitrogen and oxygen atoms in total. The fraction of sp³-hybridized carbons (Fsp3) is 0.235. The molecule has 0 saturated heterocycles. The normalized spacial score (nSPS) is 12.7. The summed E-state index contributed by atoms with van der Waals surface area (Å²) in [6.07, 6.45) is -1.65. The molecule has 0 amide bonds. The van der Waals surface area contributed by atoms with Gasteiger partial charge in [-0.05, 0) is 37.1 Å². The minimum Gasteiger partial charge on any atom is -0.490 e. The highest BCUT2D eigenvalue weighted by Crippen LogP contribution is 2.42. The van der Waals surface area contributed by atoms with Crippen LogP contribution in [0.1, 0.15) is 11.1 Å². The SMILES string of the molecule is Cc1ccccc1OCC(O)COc1c2ccccc2c(OCC(O)COc2ccccc2C)c2ccccc12. The van der Waals surface area contributed by atoms with E-state index in [0.717, 1.165) is 44.2 Å². The van der Waals surface area contributed by atoms with E-state index in [1.54, 1.807) is 0 Å². The Morgan fingerprint density at radius 2 is 0.750 bits per heavy atom. The van der Waals surface area contributed by atoms with Crippen molar-refractivity contribution in [3.05, 3.63) is 108 Å². The Morgan fingerprint density at radius 1 is 0.450 bits per heavy atom. The van der Waals surface area contributed by atoms with Gasteiger partial charge in [-0.3, -0.25) is 0 Å². The van der Waals surface area contributed by atoms with Gasteiger partial charge < -0.3 is 29.2 Å². The molecule has 0 radical (unpaired) electrons. The molecule has 0 aliphatic rings. The molecule has 0 spiro atoms. The predicted octanol–water partition coefficient (Wildman–Crippen LogP) is 6.25. The molecule has 206 valence electrons. The second-order valence-electron chi connectivity index (χ2n) is 9.83. The van der Waals surface area contributed by atoms with Gasteiger partial charge >= 0.3 is 0 Å². The molecule has 0 heterocycles. The molecule has 0 aromatic heterocycles. The molecule has 2 atom stereocenters. The fourth-order valence-corrected chi connectivity index (χ4v) is 4.62. The van der Waals surface area contributed by atoms with Crippen LogP contribution in [0, 0.1) is 13.8 Å². The Bertz CT molecular complexity index is 1410. The lowest BCUT2D eigenvalue weighted by molar-refractivity contribution is 0.0627. The molecule has 6 heteroatoms. The van der Waals surface area contributed by atoms with Gasteiger partial charge in [0.05, 0.1) is 0 Å². The van der Waals surface area contributed by atoms with Gasteiger partial charge in [0.2, 0.25) is 0 Å². The van der Waals surface area contributed by atoms with Gasteiger partial charge in [-0.2, -0.15) is 0 Å². The lowest BCUT2D eigenvalue weighted by atomic mass is 10.0. The van der Waals surface area contributed by atoms with Crippen LogP contribution in [0.5, 0.6) is 23.0 Å². The quantitative estimate of drug-likeness (QED) is 0.183. The lowest BCUT2D eigenvalue weighted by Gasteiger charge is -2.20. The van der Waals surface area contributed by atoms with Crippen molar-refractivity contribution >= 4 is 21.5 Å². The van der Waals surface area contributed by atoms with Crippen LogP contribution in [0.2, 0.25) is 0 Å². The third kappa shape index (κ3) is 6.30. The highest BCUT2D eigenvalue weighted by Gasteiger charge is 2.18. The highest BCUT2D eigenvalue weighted by molar-refractivity contribution is 6.11. The van der Waals surface area contributed by atoms with Gasteiger partial charge in [-0.1, -0.05) is 84.9 Å². The molecule has 2 unspecified atom stereocenters. The van der Waals surface area contributed by atoms with Gasteiger partial charge in [-0.25, -0.2) is 0 Å². The zero-order valence-electron chi connectivity index (χ0n) is 22.7. The van der Waals surface area contributed by atoms with Gasteiger partial charge in [0.15, 0.2) is 0 Å². The van der Waals surface area contributed by atoms with Crippen molar-refractivity contribution in [2.24, 2.45) is 0 Å². The van der Waals surface area contributed by atoms with Crippen LogP contribution in [-0.2, 0) is 0 Å². The summed E-state index contributed by atoms with van der Waals surface area (Å²) in [5, 5.41) is 24.7. The number of aliphatic hydroxyl groups excluding tert-OH is 2. The second kappa shape index (κ2) is 12.7. The van der Waals surface area contributed by atoms with Crippen molar-refractivity contribution in [2.75, 3.05) is 26.4 Å². The number of ether oxygens (including phenoxy) is 4. The van der Waals surface area contributed by atoms with Crippen molar-refractivity contribution in [1.82, 2.24) is 0 Å². The molecule has 0 saturated carbocycles. The number of aryl methyl sites for hydroxylation is 2. The smallest absolute Gasteiger partial charge is 0.135 e. The van der Waals surface area contributed by atoms with Crippen LogP contribution in [-0.4, -0.2) is 48.8 Å². The first-order chi connectivity index (χ1) is 19.5. The largest absolute Gasteiger partial charge is 0.490 e. The van der Waals surface area contributed by atoms with Crippen LogP contribution in [0.3, 0.4) is 0 Å². The fourth-order valence-electron chi connectivity index (χ4n) is 4.62. The van der Waals surface area contributed by atoms with Crippen LogP contribution in [0.15, 0.2) is 97.1 Å². The summed E-state index contributed by atoms with van der Waals surface area (Å²) in [5.41, 5.74) is 2.02. The number of benzene rings is 5. The number of hydrogen-bond acceptors (Lipinski definition) is 6. The summed E-state index contributed by atoms with van der Waals surface area (Å²) < 4.78 is 24.1. The standard InChI is InChI=1S/C34H34O6/c1-23-11-3-9-17-31(23)37-19-25(35)21-39-33-27-13-5-7-15-29(27)34(30-16-8-6-14-28(30)33)40-22-26(36)20-38-32-18-10-4-12-24(32)2/h3-18,25-26,35-36H,19-22H2,1-2H3. The molecular weight excluding hydrogens is 504 g/mol. The molecule has 5 aromatic carbocycles. The van der Waals surface area contributed by atoms with Gasteiger partial charge in [0, 0.05) is 21.5 Å². The molecule has 40 heavy (non-hydrogen) atoms. The van der Waals surface area contributed by atoms with Crippen LogP contribution in [0.25, 0.3) is 21.5 Å². The van der Waals surface area contributed by atoms with Crippen molar-refractivity contribution < 1.29 is 29.2 Å². The van der Waals surface area contributed by atoms with Crippen molar-refractivity contribution in [3.8, 4) is 23.0 Å². The molecule has 0 aliphatic heterocycles. The van der Waals surface area contributed by atoms with Crippen molar-refractivity contribution in [2.45, 2.75) is 26.1 Å². The zero-order valence-corrected chi connectivity index (χ0v) is 22.7. The Labute approximate surface area is 234 Å². The maximum atomic E-state index is 10.6. The van der Waals surface area contributed by atoms with Crippen LogP contribution >= 0.6 is 0 Å². The van der Waals surface area contributed by atoms with E-state index < -0.39 is 12.2 Å². The molecule has 2 N–H and O–H groups in total. The first kappa shape index (κ1) is 27.3. The topological polar surface area (TPSA) is 77.4 Å². The van der Waals surface area contributed by atoms with Gasteiger partial charge in [0.25, 0.3) is 0 Å². The third-order valence-electron chi connectivity index (χ3n) is 6.72. The van der Waals surface area contributed by atoms with Crippen LogP contribution in [0.4, 0.5) is 0 Å². The maximum absolute atomic E-state index is 10.6. The molecule has 0 aliphatic carbocycles. The van der Waals surface area contributed by atoms with E-state index in [0.29, 0.717) is 11.5 Å². The first-order valence-corrected chi connectivity index (χ1v) is 13.4. The minimum absolute atomic E-state index is 0.0645. The van der Waals surface area contributed by atoms with E-state index in [4.69, 9.17) is 18.9 Å². The zero-order chi connectivity index (χ0) is 27.9. The van der Waals surface area contributed by atoms with E-state index >= 15 is 0 Å². The number of hydrogen-bond donors (Lipinski definition) is 2. The van der Waals surface area contributed by atoms with Gasteiger partial charge in [0.1, 0.15) is 61.6 Å². The molecule has 5 aromatic rings. The first-order valence-electron chi connectivity index (χ1n) is 13.4. The lowest BCUT2D eigenvalue weighted by Crippen LogP contribution is -2.26. The van der Waals surface area contributed by atoms with Crippen LogP contribution < -0.4 is 18.9 Å². The average molecular weight is 539 g/mol. The summed E-state index contributed by atoms with van der Waals surface area (Å²) in [6.45, 7) is 4.30. The average Bonchev–Trinajstić information content (AvgIpc) is 2.98. The summed E-state index contributed by atoms with van der Waals surface area (Å²) in [4.78, 5) is 0. The summed E-state index contributed by atoms with van der Waals surface area (Å²) in [6, 6.07) is 31.1. The maximum Gasteiger partial charge on any atom is 0.135 e. The number of para-hydroxylation sites is 2. The van der Waals surface area contributed by atoms with E-state index in [1.807, 2.05) is 111 Å². The predicted molar refractivity (Wildman–Crippen MR) is 158 cm³/mol. The van der Waals surface area contributed by atoms with Crippen molar-refractivity contribution in [1.29, 1.82) is 0 Å². The third-order valence-corrected chi connectivity index (χ3v) is 6.72. The van der Waals surface area contributed by atoms with E-state index in [2.05, 4.69) is 0 Å². The second-order valence-corrected chi connectivity index (χ2v) is 9.83. The molecule has 5 rings (SSSR count). The molecular formula is C34H34O6. The minimum atomic E-state index is -0.823. The van der Waals surface area contributed by atoms with Gasteiger partial charge in [-0.15, -0.1) is 0 Å². The van der Waals surface area contributed by atoms with E-state index in [-0.39, 0.29) is 26.4 Å². The number of rotatable bonds is 12. The summed E-state index contributed by atoms with van der Waals surface area (Å²) in [7, 11) is 0. The molecule has 0 bridgehead atoms. The number of aliphatic hydroxyl groups is 2. The Morgan fingerprint density at radius 3 is 1.10 bits per heavy atom.